The number of nitrogens with zero attached hydrogens (tertiary/aromatic N) is 3. The lowest BCUT2D eigenvalue weighted by molar-refractivity contribution is -0.384. The van der Waals surface area contributed by atoms with E-state index >= 15 is 0 Å². The van der Waals surface area contributed by atoms with E-state index < -0.39 is 4.92 Å². The summed E-state index contributed by atoms with van der Waals surface area (Å²) >= 11 is 0. The zero-order chi connectivity index (χ0) is 22.6. The van der Waals surface area contributed by atoms with Crippen molar-refractivity contribution in [1.29, 1.82) is 0 Å². The molecule has 8 heteroatoms. The van der Waals surface area contributed by atoms with Gasteiger partial charge in [0, 0.05) is 49.1 Å². The first-order chi connectivity index (χ1) is 14.7. The maximum absolute atomic E-state index is 12.9. The molecule has 1 amide bonds. The molecule has 162 valence electrons. The van der Waals surface area contributed by atoms with E-state index in [1.165, 1.54) is 17.7 Å². The van der Waals surface area contributed by atoms with E-state index in [1.807, 2.05) is 32.0 Å². The number of hydrogen-bond acceptors (Lipinski definition) is 5. The second-order valence-electron chi connectivity index (χ2n) is 8.21. The van der Waals surface area contributed by atoms with E-state index in [4.69, 9.17) is 0 Å². The molecule has 2 N–H and O–H groups in total. The largest absolute Gasteiger partial charge is 0.350 e. The van der Waals surface area contributed by atoms with Crippen LogP contribution in [0.15, 0.2) is 60.8 Å². The number of nitrogens with one attached hydrogen (secondary N) is 2. The molecule has 1 atom stereocenters. The first kappa shape index (κ1) is 22.2. The topological polar surface area (TPSA) is 102 Å². The Balaban J connectivity index is 1.70. The van der Waals surface area contributed by atoms with Crippen molar-refractivity contribution in [3.63, 3.8) is 0 Å². The molecule has 3 aromatic rings. The molecule has 3 rings (SSSR count). The Kier molecular flexibility index (Phi) is 6.50. The predicted octanol–water partition coefficient (Wildman–Crippen LogP) is 3.85. The van der Waals surface area contributed by atoms with Gasteiger partial charge < -0.3 is 10.6 Å². The molecule has 1 aromatic heterocycles. The molecule has 0 aliphatic carbocycles. The zero-order valence-electron chi connectivity index (χ0n) is 18.1. The fourth-order valence-electron chi connectivity index (χ4n) is 3.47. The Morgan fingerprint density at radius 3 is 2.42 bits per heavy atom. The number of non-ortho nitro benzene ring substituents is 1. The van der Waals surface area contributed by atoms with Gasteiger partial charge in [0.2, 0.25) is 0 Å². The minimum absolute atomic E-state index is 0.00829. The Bertz CT molecular complexity index is 1060. The second kappa shape index (κ2) is 9.09. The van der Waals surface area contributed by atoms with Crippen molar-refractivity contribution in [3.05, 3.63) is 82.0 Å². The van der Waals surface area contributed by atoms with Crippen molar-refractivity contribution in [3.8, 4) is 11.3 Å². The van der Waals surface area contributed by atoms with E-state index in [0.29, 0.717) is 23.4 Å². The molecule has 2 aromatic carbocycles. The molecule has 0 radical (unpaired) electrons. The molecule has 1 heterocycles. The molecule has 0 spiro atoms. The van der Waals surface area contributed by atoms with Gasteiger partial charge in [0.25, 0.3) is 11.6 Å². The van der Waals surface area contributed by atoms with E-state index in [2.05, 4.69) is 34.8 Å². The van der Waals surface area contributed by atoms with Crippen LogP contribution in [0, 0.1) is 10.1 Å². The van der Waals surface area contributed by atoms with Gasteiger partial charge in [-0.2, -0.15) is 5.10 Å². The number of carbonyl (C=O) groups is 1. The lowest BCUT2D eigenvalue weighted by Crippen LogP contribution is -2.49. The number of carbonyl (C=O) groups excluding carboxylic acids is 1. The van der Waals surface area contributed by atoms with Crippen molar-refractivity contribution in [2.75, 3.05) is 6.54 Å². The minimum atomic E-state index is -0.457. The van der Waals surface area contributed by atoms with E-state index in [0.717, 1.165) is 0 Å². The van der Waals surface area contributed by atoms with Crippen molar-refractivity contribution < 1.29 is 9.72 Å². The normalized spacial score (nSPS) is 12.4. The molecule has 0 saturated carbocycles. The molecule has 0 bridgehead atoms. The quantitative estimate of drug-likeness (QED) is 0.425. The Morgan fingerprint density at radius 2 is 1.81 bits per heavy atom. The highest BCUT2D eigenvalue weighted by atomic mass is 16.6. The summed E-state index contributed by atoms with van der Waals surface area (Å²) in [5.41, 5.74) is 2.37. The van der Waals surface area contributed by atoms with Gasteiger partial charge in [-0.1, -0.05) is 30.3 Å². The van der Waals surface area contributed by atoms with Gasteiger partial charge in [0.15, 0.2) is 0 Å². The standard InChI is InChI=1S/C23H27N5O3/c1-16(17-8-6-5-7-9-17)25-23(2,3)15-24-22(29)20-14-27(4)26-21(20)18-10-12-19(13-11-18)28(30)31/h5-14,16,25H,15H2,1-4H3,(H,24,29). The molecule has 0 aliphatic rings. The highest BCUT2D eigenvalue weighted by Crippen LogP contribution is 2.24. The average Bonchev–Trinajstić information content (AvgIpc) is 3.14. The number of aromatic nitrogens is 2. The summed E-state index contributed by atoms with van der Waals surface area (Å²) in [6, 6.07) is 16.3. The number of aryl methyl sites for hydroxylation is 1. The molecular weight excluding hydrogens is 394 g/mol. The molecular formula is C23H27N5O3. The molecule has 31 heavy (non-hydrogen) atoms. The van der Waals surface area contributed by atoms with Crippen molar-refractivity contribution in [2.45, 2.75) is 32.4 Å². The summed E-state index contributed by atoms with van der Waals surface area (Å²) in [4.78, 5) is 23.4. The number of hydrogen-bond donors (Lipinski definition) is 2. The Hall–Kier alpha value is -3.52. The van der Waals surface area contributed by atoms with Crippen molar-refractivity contribution >= 4 is 11.6 Å². The lowest BCUT2D eigenvalue weighted by Gasteiger charge is -2.30. The smallest absolute Gasteiger partial charge is 0.269 e. The van der Waals surface area contributed by atoms with Crippen LogP contribution >= 0.6 is 0 Å². The number of rotatable bonds is 8. The highest BCUT2D eigenvalue weighted by Gasteiger charge is 2.24. The van der Waals surface area contributed by atoms with E-state index in [1.54, 1.807) is 30.1 Å². The summed E-state index contributed by atoms with van der Waals surface area (Å²) in [6.45, 7) is 6.57. The van der Waals surface area contributed by atoms with Crippen molar-refractivity contribution in [2.24, 2.45) is 7.05 Å². The highest BCUT2D eigenvalue weighted by molar-refractivity contribution is 5.99. The first-order valence-corrected chi connectivity index (χ1v) is 10.1. The van der Waals surface area contributed by atoms with Gasteiger partial charge in [-0.05, 0) is 38.5 Å². The van der Waals surface area contributed by atoms with Crippen LogP contribution in [-0.2, 0) is 7.05 Å². The van der Waals surface area contributed by atoms with Crippen LogP contribution in [0.3, 0.4) is 0 Å². The van der Waals surface area contributed by atoms with Crippen LogP contribution in [0.5, 0.6) is 0 Å². The maximum Gasteiger partial charge on any atom is 0.269 e. The van der Waals surface area contributed by atoms with Gasteiger partial charge in [-0.25, -0.2) is 0 Å². The van der Waals surface area contributed by atoms with E-state index in [-0.39, 0.29) is 23.2 Å². The van der Waals surface area contributed by atoms with Crippen LogP contribution in [0.25, 0.3) is 11.3 Å². The maximum atomic E-state index is 12.9. The monoisotopic (exact) mass is 421 g/mol. The fourth-order valence-corrected chi connectivity index (χ4v) is 3.47. The molecule has 0 fully saturated rings. The molecule has 8 nitrogen and oxygen atoms in total. The number of nitro groups is 1. The summed E-state index contributed by atoms with van der Waals surface area (Å²) in [7, 11) is 1.73. The van der Waals surface area contributed by atoms with Crippen LogP contribution in [-0.4, -0.2) is 32.7 Å². The Morgan fingerprint density at radius 1 is 1.16 bits per heavy atom. The number of nitro benzene ring substituents is 1. The lowest BCUT2D eigenvalue weighted by atomic mass is 10.0. The van der Waals surface area contributed by atoms with Crippen LogP contribution in [0.4, 0.5) is 5.69 Å². The van der Waals surface area contributed by atoms with Gasteiger partial charge in [0.1, 0.15) is 5.69 Å². The third kappa shape index (κ3) is 5.55. The summed E-state index contributed by atoms with van der Waals surface area (Å²) in [6.07, 6.45) is 1.65. The van der Waals surface area contributed by atoms with Crippen molar-refractivity contribution in [1.82, 2.24) is 20.4 Å². The van der Waals surface area contributed by atoms with Crippen LogP contribution < -0.4 is 10.6 Å². The molecule has 0 saturated heterocycles. The van der Waals surface area contributed by atoms with Gasteiger partial charge in [-0.15, -0.1) is 0 Å². The summed E-state index contributed by atoms with van der Waals surface area (Å²) in [5.74, 6) is -0.247. The van der Waals surface area contributed by atoms with E-state index in [9.17, 15) is 14.9 Å². The third-order valence-electron chi connectivity index (χ3n) is 5.02. The third-order valence-corrected chi connectivity index (χ3v) is 5.02. The van der Waals surface area contributed by atoms with Crippen LogP contribution in [0.1, 0.15) is 42.7 Å². The van der Waals surface area contributed by atoms with Gasteiger partial charge >= 0.3 is 0 Å². The Labute approximate surface area is 181 Å². The first-order valence-electron chi connectivity index (χ1n) is 10.1. The number of amides is 1. The van der Waals surface area contributed by atoms with Crippen LogP contribution in [0.2, 0.25) is 0 Å². The molecule has 0 aliphatic heterocycles. The zero-order valence-corrected chi connectivity index (χ0v) is 18.1. The summed E-state index contributed by atoms with van der Waals surface area (Å²) in [5, 5.41) is 21.8. The minimum Gasteiger partial charge on any atom is -0.350 e. The number of benzene rings is 2. The fraction of sp³-hybridized carbons (Fsp3) is 0.304. The SMILES string of the molecule is CC(NC(C)(C)CNC(=O)c1cn(C)nc1-c1ccc([N+](=O)[O-])cc1)c1ccccc1. The average molecular weight is 422 g/mol. The van der Waals surface area contributed by atoms with Gasteiger partial charge in [-0.3, -0.25) is 19.6 Å². The summed E-state index contributed by atoms with van der Waals surface area (Å²) < 4.78 is 1.56. The predicted molar refractivity (Wildman–Crippen MR) is 120 cm³/mol. The van der Waals surface area contributed by atoms with Gasteiger partial charge in [0.05, 0.1) is 10.5 Å². The molecule has 1 unspecified atom stereocenters. The second-order valence-corrected chi connectivity index (χ2v) is 8.21.